The second kappa shape index (κ2) is 9.74. The van der Waals surface area contributed by atoms with Gasteiger partial charge in [0.25, 0.3) is 15.9 Å². The smallest absolute Gasteiger partial charge is 0.281 e. The van der Waals surface area contributed by atoms with E-state index in [0.29, 0.717) is 24.8 Å². The number of carbonyl (C=O) groups excluding carboxylic acids is 1. The zero-order valence-electron chi connectivity index (χ0n) is 20.9. The summed E-state index contributed by atoms with van der Waals surface area (Å²) in [4.78, 5) is 23.9. The number of halogens is 1. The number of nitrogens with zero attached hydrogens (tertiary/aromatic N) is 3. The van der Waals surface area contributed by atoms with Gasteiger partial charge in [-0.3, -0.25) is 4.79 Å². The van der Waals surface area contributed by atoms with Crippen molar-refractivity contribution in [2.24, 2.45) is 5.92 Å². The fourth-order valence-corrected chi connectivity index (χ4v) is 6.22. The van der Waals surface area contributed by atoms with Gasteiger partial charge in [-0.2, -0.15) is 12.8 Å². The molecule has 3 aromatic rings. The lowest BCUT2D eigenvalue weighted by Crippen LogP contribution is -2.41. The summed E-state index contributed by atoms with van der Waals surface area (Å²) in [7, 11) is -4.29. The van der Waals surface area contributed by atoms with Crippen molar-refractivity contribution in [1.82, 2.24) is 14.7 Å². The van der Waals surface area contributed by atoms with Gasteiger partial charge >= 0.3 is 0 Å². The lowest BCUT2D eigenvalue weighted by Gasteiger charge is -2.34. The van der Waals surface area contributed by atoms with Crippen molar-refractivity contribution in [1.29, 1.82) is 0 Å². The minimum atomic E-state index is -4.29. The van der Waals surface area contributed by atoms with Crippen LogP contribution in [-0.2, 0) is 16.4 Å². The number of amides is 1. The Labute approximate surface area is 216 Å². The Morgan fingerprint density at radius 1 is 1.11 bits per heavy atom. The molecule has 0 saturated carbocycles. The number of carbonyl (C=O) groups is 1. The van der Waals surface area contributed by atoms with E-state index in [9.17, 15) is 13.2 Å². The SMILES string of the molecule is CC1(C)C[C@@H]2CCCNc3cccc(n3)S(=O)(=O)NC(=O)c3cc(Cc4ccccc4)c(F)nc3N1C2. The number of aromatic nitrogens is 2. The Morgan fingerprint density at radius 3 is 2.68 bits per heavy atom. The Morgan fingerprint density at radius 2 is 1.89 bits per heavy atom. The molecule has 10 heteroatoms. The van der Waals surface area contributed by atoms with Crippen molar-refractivity contribution in [3.05, 3.63) is 77.2 Å². The molecule has 1 atom stereocenters. The Balaban J connectivity index is 1.62. The first-order chi connectivity index (χ1) is 17.6. The topological polar surface area (TPSA) is 104 Å². The fraction of sp³-hybridized carbons (Fsp3) is 0.370. The molecule has 37 heavy (non-hydrogen) atoms. The monoisotopic (exact) mass is 523 g/mol. The highest BCUT2D eigenvalue weighted by Crippen LogP contribution is 2.40. The normalized spacial score (nSPS) is 20.7. The molecule has 2 aliphatic rings. The predicted octanol–water partition coefficient (Wildman–Crippen LogP) is 4.14. The van der Waals surface area contributed by atoms with Crippen LogP contribution in [0.3, 0.4) is 0 Å². The number of benzene rings is 1. The molecule has 8 nitrogen and oxygen atoms in total. The summed E-state index contributed by atoms with van der Waals surface area (Å²) in [6.45, 7) is 5.31. The fourth-order valence-electron chi connectivity index (χ4n) is 5.29. The molecule has 0 radical (unpaired) electrons. The number of nitrogens with one attached hydrogen (secondary N) is 2. The van der Waals surface area contributed by atoms with E-state index in [2.05, 4.69) is 20.0 Å². The summed E-state index contributed by atoms with van der Waals surface area (Å²) < 4.78 is 43.8. The zero-order chi connectivity index (χ0) is 26.2. The average Bonchev–Trinajstić information content (AvgIpc) is 3.16. The Kier molecular flexibility index (Phi) is 6.61. The molecule has 1 aromatic carbocycles. The Bertz CT molecular complexity index is 1430. The minimum Gasteiger partial charge on any atom is -0.370 e. The molecule has 2 aromatic heterocycles. The van der Waals surface area contributed by atoms with Crippen LogP contribution in [0.2, 0.25) is 0 Å². The van der Waals surface area contributed by atoms with Gasteiger partial charge < -0.3 is 10.2 Å². The first kappa shape index (κ1) is 25.1. The van der Waals surface area contributed by atoms with Gasteiger partial charge in [0, 0.05) is 30.6 Å². The minimum absolute atomic E-state index is 0.0220. The van der Waals surface area contributed by atoms with Gasteiger partial charge in [0.2, 0.25) is 5.95 Å². The van der Waals surface area contributed by atoms with E-state index in [4.69, 9.17) is 0 Å². The molecule has 4 bridgehead atoms. The molecule has 5 rings (SSSR count). The molecule has 0 spiro atoms. The second-order valence-electron chi connectivity index (χ2n) is 10.3. The third kappa shape index (κ3) is 5.29. The maximum Gasteiger partial charge on any atom is 0.281 e. The van der Waals surface area contributed by atoms with Gasteiger partial charge in [-0.25, -0.2) is 14.7 Å². The van der Waals surface area contributed by atoms with Crippen LogP contribution in [0, 0.1) is 11.9 Å². The number of rotatable bonds is 2. The average molecular weight is 524 g/mol. The summed E-state index contributed by atoms with van der Waals surface area (Å²) in [5.74, 6) is -0.646. The highest BCUT2D eigenvalue weighted by molar-refractivity contribution is 7.90. The van der Waals surface area contributed by atoms with Crippen LogP contribution >= 0.6 is 0 Å². The largest absolute Gasteiger partial charge is 0.370 e. The standard InChI is InChI=1S/C27H30FN5O3S/c1-27(2)16-19-10-7-13-29-22-11-6-12-23(30-22)37(35,36)32-26(34)21-15-20(14-18-8-4-3-5-9-18)24(28)31-25(21)33(27)17-19/h3-6,8-9,11-12,15,19H,7,10,13-14,16-17H2,1-2H3,(H,29,30)(H,32,34)/t19-/m0/s1. The summed E-state index contributed by atoms with van der Waals surface area (Å²) in [6.07, 6.45) is 2.83. The number of hydrogen-bond donors (Lipinski definition) is 2. The lowest BCUT2D eigenvalue weighted by atomic mass is 9.93. The number of hydrogen-bond acceptors (Lipinski definition) is 7. The molecule has 4 heterocycles. The third-order valence-electron chi connectivity index (χ3n) is 7.05. The summed E-state index contributed by atoms with van der Waals surface area (Å²) in [5, 5.41) is 2.90. The van der Waals surface area contributed by atoms with E-state index in [1.807, 2.05) is 49.1 Å². The van der Waals surface area contributed by atoms with Gasteiger partial charge in [-0.15, -0.1) is 0 Å². The number of pyridine rings is 2. The molecule has 0 unspecified atom stereocenters. The molecule has 1 fully saturated rings. The van der Waals surface area contributed by atoms with Crippen LogP contribution in [0.4, 0.5) is 16.0 Å². The molecule has 0 aliphatic carbocycles. The quantitative estimate of drug-likeness (QED) is 0.487. The zero-order valence-corrected chi connectivity index (χ0v) is 21.7. The van der Waals surface area contributed by atoms with Crippen molar-refractivity contribution in [2.45, 2.75) is 50.1 Å². The van der Waals surface area contributed by atoms with E-state index in [-0.39, 0.29) is 28.4 Å². The van der Waals surface area contributed by atoms with E-state index in [1.165, 1.54) is 12.1 Å². The number of sulfonamides is 1. The molecule has 1 saturated heterocycles. The molecular weight excluding hydrogens is 493 g/mol. The maximum atomic E-state index is 15.4. The van der Waals surface area contributed by atoms with Crippen LogP contribution in [-0.4, -0.2) is 42.9 Å². The summed E-state index contributed by atoms with van der Waals surface area (Å²) >= 11 is 0. The molecule has 194 valence electrons. The first-order valence-corrected chi connectivity index (χ1v) is 13.9. The van der Waals surface area contributed by atoms with Crippen LogP contribution in [0.1, 0.15) is 54.6 Å². The maximum absolute atomic E-state index is 15.4. The number of anilines is 2. The van der Waals surface area contributed by atoms with E-state index in [0.717, 1.165) is 24.8 Å². The van der Waals surface area contributed by atoms with Crippen molar-refractivity contribution in [3.8, 4) is 0 Å². The predicted molar refractivity (Wildman–Crippen MR) is 140 cm³/mol. The van der Waals surface area contributed by atoms with Crippen molar-refractivity contribution in [3.63, 3.8) is 0 Å². The lowest BCUT2D eigenvalue weighted by molar-refractivity contribution is 0.0981. The summed E-state index contributed by atoms with van der Waals surface area (Å²) in [6, 6.07) is 15.3. The highest BCUT2D eigenvalue weighted by Gasteiger charge is 2.41. The van der Waals surface area contributed by atoms with Crippen molar-refractivity contribution >= 4 is 27.6 Å². The molecule has 2 aliphatic heterocycles. The van der Waals surface area contributed by atoms with Gasteiger partial charge in [-0.1, -0.05) is 36.4 Å². The van der Waals surface area contributed by atoms with E-state index in [1.54, 1.807) is 12.1 Å². The Hall–Kier alpha value is -3.53. The molecule has 1 amide bonds. The van der Waals surface area contributed by atoms with Crippen LogP contribution < -0.4 is 14.9 Å². The van der Waals surface area contributed by atoms with Crippen LogP contribution in [0.5, 0.6) is 0 Å². The van der Waals surface area contributed by atoms with Crippen LogP contribution in [0.25, 0.3) is 0 Å². The first-order valence-electron chi connectivity index (χ1n) is 12.4. The van der Waals surface area contributed by atoms with E-state index < -0.39 is 27.4 Å². The van der Waals surface area contributed by atoms with Crippen molar-refractivity contribution < 1.29 is 17.6 Å². The third-order valence-corrected chi connectivity index (χ3v) is 8.28. The second-order valence-corrected chi connectivity index (χ2v) is 12.0. The highest BCUT2D eigenvalue weighted by atomic mass is 32.2. The van der Waals surface area contributed by atoms with Crippen molar-refractivity contribution in [2.75, 3.05) is 23.3 Å². The molecule has 2 N–H and O–H groups in total. The van der Waals surface area contributed by atoms with Crippen LogP contribution in [0.15, 0.2) is 59.6 Å². The van der Waals surface area contributed by atoms with E-state index >= 15 is 4.39 Å². The van der Waals surface area contributed by atoms with Gasteiger partial charge in [0.15, 0.2) is 5.03 Å². The summed E-state index contributed by atoms with van der Waals surface area (Å²) in [5.41, 5.74) is 0.695. The molecular formula is C27H30FN5O3S. The van der Waals surface area contributed by atoms with Gasteiger partial charge in [-0.05, 0) is 62.8 Å². The van der Waals surface area contributed by atoms with Gasteiger partial charge in [0.1, 0.15) is 11.6 Å². The number of fused-ring (bicyclic) bond motifs is 6. The van der Waals surface area contributed by atoms with Gasteiger partial charge in [0.05, 0.1) is 5.56 Å².